The Labute approximate surface area is 136 Å². The number of rotatable bonds is 2. The Morgan fingerprint density at radius 2 is 1.09 bits per heavy atom. The van der Waals surface area contributed by atoms with Gasteiger partial charge in [0.05, 0.1) is 0 Å². The van der Waals surface area contributed by atoms with Crippen LogP contribution in [0.25, 0.3) is 12.2 Å². The largest absolute Gasteiger partial charge is 0.124 e. The molecule has 2 aromatic rings. The highest BCUT2D eigenvalue weighted by Crippen LogP contribution is 1.98. The van der Waals surface area contributed by atoms with Gasteiger partial charge in [0.2, 0.25) is 0 Å². The standard InChI is InChI=1S/2C8H8.C4H6.C2H2/c2*1-2-8-6-4-3-5-7-8;1-3-4-2;1-2/h2*2-7H,1H2;1H,4H2,2H3;1-2H. The van der Waals surface area contributed by atoms with Crippen molar-refractivity contribution < 1.29 is 0 Å². The monoisotopic (exact) mass is 288 g/mol. The molecular formula is C22H24. The molecule has 112 valence electrons. The predicted octanol–water partition coefficient (Wildman–Crippen LogP) is 5.94. The summed E-state index contributed by atoms with van der Waals surface area (Å²) in [4.78, 5) is 0. The number of benzene rings is 2. The van der Waals surface area contributed by atoms with Crippen LogP contribution in [0.4, 0.5) is 0 Å². The molecule has 0 bridgehead atoms. The van der Waals surface area contributed by atoms with Gasteiger partial charge >= 0.3 is 0 Å². The quantitative estimate of drug-likeness (QED) is 0.600. The summed E-state index contributed by atoms with van der Waals surface area (Å²) in [5.74, 6) is 2.43. The van der Waals surface area contributed by atoms with Crippen LogP contribution >= 0.6 is 0 Å². The molecule has 0 amide bonds. The summed E-state index contributed by atoms with van der Waals surface area (Å²) in [6.45, 7) is 9.21. The molecule has 0 unspecified atom stereocenters. The molecule has 0 N–H and O–H groups in total. The molecule has 0 saturated heterocycles. The van der Waals surface area contributed by atoms with Gasteiger partial charge in [-0.3, -0.25) is 0 Å². The van der Waals surface area contributed by atoms with Gasteiger partial charge in [-0.1, -0.05) is 92.9 Å². The number of hydrogen-bond donors (Lipinski definition) is 0. The van der Waals surface area contributed by atoms with E-state index in [1.165, 1.54) is 11.1 Å². The minimum atomic E-state index is 0.847. The Morgan fingerprint density at radius 3 is 1.23 bits per heavy atom. The first kappa shape index (κ1) is 21.3. The normalized spacial score (nSPS) is 7.18. The molecule has 0 aromatic heterocycles. The Balaban J connectivity index is 0. The fourth-order valence-corrected chi connectivity index (χ4v) is 1.18. The van der Waals surface area contributed by atoms with Crippen LogP contribution in [-0.2, 0) is 0 Å². The van der Waals surface area contributed by atoms with E-state index in [0.29, 0.717) is 0 Å². The van der Waals surface area contributed by atoms with Crippen LogP contribution in [0.15, 0.2) is 73.8 Å². The van der Waals surface area contributed by atoms with Crippen LogP contribution < -0.4 is 0 Å². The van der Waals surface area contributed by atoms with Gasteiger partial charge < -0.3 is 0 Å². The minimum absolute atomic E-state index is 0.847. The second-order valence-electron chi connectivity index (χ2n) is 3.79. The summed E-state index contributed by atoms with van der Waals surface area (Å²) in [5, 5.41) is 0. The molecule has 2 aromatic carbocycles. The maximum absolute atomic E-state index is 4.78. The third-order valence-corrected chi connectivity index (χ3v) is 2.27. The Hall–Kier alpha value is -2.96. The number of hydrogen-bond acceptors (Lipinski definition) is 0. The molecule has 0 aliphatic rings. The highest BCUT2D eigenvalue weighted by Gasteiger charge is 1.76. The zero-order valence-electron chi connectivity index (χ0n) is 13.3. The maximum Gasteiger partial charge on any atom is 0.00576 e. The second kappa shape index (κ2) is 18.0. The van der Waals surface area contributed by atoms with Gasteiger partial charge in [-0.2, -0.15) is 0 Å². The molecule has 0 saturated carbocycles. The van der Waals surface area contributed by atoms with E-state index in [0.717, 1.165) is 6.42 Å². The van der Waals surface area contributed by atoms with Crippen molar-refractivity contribution in [2.24, 2.45) is 0 Å². The second-order valence-corrected chi connectivity index (χ2v) is 3.79. The molecule has 0 heteroatoms. The minimum Gasteiger partial charge on any atom is -0.124 e. The number of terminal acetylenes is 2. The topological polar surface area (TPSA) is 0 Å². The Morgan fingerprint density at radius 1 is 0.818 bits per heavy atom. The van der Waals surface area contributed by atoms with E-state index >= 15 is 0 Å². The SMILES string of the molecule is C#C.C#CCC.C=Cc1ccccc1.C=Cc1ccccc1. The zero-order chi connectivity index (χ0) is 17.1. The van der Waals surface area contributed by atoms with Crippen molar-refractivity contribution in [1.29, 1.82) is 0 Å². The molecular weight excluding hydrogens is 264 g/mol. The lowest BCUT2D eigenvalue weighted by Gasteiger charge is -1.85. The van der Waals surface area contributed by atoms with Crippen molar-refractivity contribution in [3.05, 3.63) is 84.9 Å². The molecule has 0 aliphatic heterocycles. The first-order chi connectivity index (χ1) is 10.8. The van der Waals surface area contributed by atoms with Gasteiger partial charge in [-0.15, -0.1) is 25.2 Å². The smallest absolute Gasteiger partial charge is 0.00576 e. The summed E-state index contributed by atoms with van der Waals surface area (Å²) in [6, 6.07) is 20.1. The predicted molar refractivity (Wildman–Crippen MR) is 102 cm³/mol. The van der Waals surface area contributed by atoms with Crippen molar-refractivity contribution in [3.8, 4) is 25.2 Å². The van der Waals surface area contributed by atoms with Crippen LogP contribution in [0.2, 0.25) is 0 Å². The molecule has 0 radical (unpaired) electrons. The first-order valence-electron chi connectivity index (χ1n) is 6.90. The van der Waals surface area contributed by atoms with E-state index in [1.54, 1.807) is 0 Å². The summed E-state index contributed by atoms with van der Waals surface area (Å²) in [6.07, 6.45) is 17.3. The lowest BCUT2D eigenvalue weighted by molar-refractivity contribution is 1.28. The third-order valence-electron chi connectivity index (χ3n) is 2.27. The van der Waals surface area contributed by atoms with E-state index in [1.807, 2.05) is 79.7 Å². The van der Waals surface area contributed by atoms with Crippen molar-refractivity contribution >= 4 is 12.2 Å². The summed E-state index contributed by atoms with van der Waals surface area (Å²) in [5.41, 5.74) is 2.35. The zero-order valence-corrected chi connectivity index (χ0v) is 13.3. The summed E-state index contributed by atoms with van der Waals surface area (Å²) < 4.78 is 0. The fraction of sp³-hybridized carbons (Fsp3) is 0.0909. The molecule has 0 fully saturated rings. The lowest BCUT2D eigenvalue weighted by Crippen LogP contribution is -1.63. The van der Waals surface area contributed by atoms with E-state index in [2.05, 4.69) is 31.9 Å². The van der Waals surface area contributed by atoms with Crippen LogP contribution in [0.1, 0.15) is 24.5 Å². The summed E-state index contributed by atoms with van der Waals surface area (Å²) in [7, 11) is 0. The van der Waals surface area contributed by atoms with Crippen LogP contribution in [-0.4, -0.2) is 0 Å². The third kappa shape index (κ3) is 13.5. The van der Waals surface area contributed by atoms with Gasteiger partial charge in [-0.05, 0) is 11.1 Å². The molecule has 0 nitrogen and oxygen atoms in total. The molecule has 0 atom stereocenters. The van der Waals surface area contributed by atoms with Gasteiger partial charge in [0, 0.05) is 6.42 Å². The highest BCUT2D eigenvalue weighted by atomic mass is 13.8. The van der Waals surface area contributed by atoms with E-state index in [-0.39, 0.29) is 0 Å². The Bertz CT molecular complexity index is 495. The van der Waals surface area contributed by atoms with Crippen LogP contribution in [0, 0.1) is 25.2 Å². The van der Waals surface area contributed by atoms with Crippen LogP contribution in [0.5, 0.6) is 0 Å². The maximum atomic E-state index is 4.78. The van der Waals surface area contributed by atoms with E-state index in [4.69, 9.17) is 6.42 Å². The molecule has 0 aliphatic carbocycles. The fourth-order valence-electron chi connectivity index (χ4n) is 1.18. The molecule has 2 rings (SSSR count). The van der Waals surface area contributed by atoms with Crippen molar-refractivity contribution in [2.75, 3.05) is 0 Å². The van der Waals surface area contributed by atoms with Gasteiger partial charge in [0.15, 0.2) is 0 Å². The van der Waals surface area contributed by atoms with Gasteiger partial charge in [-0.25, -0.2) is 0 Å². The molecule has 0 spiro atoms. The first-order valence-corrected chi connectivity index (χ1v) is 6.90. The van der Waals surface area contributed by atoms with Crippen molar-refractivity contribution in [2.45, 2.75) is 13.3 Å². The lowest BCUT2D eigenvalue weighted by atomic mass is 10.2. The van der Waals surface area contributed by atoms with Gasteiger partial charge in [0.1, 0.15) is 0 Å². The average Bonchev–Trinajstić information content (AvgIpc) is 2.65. The van der Waals surface area contributed by atoms with E-state index in [9.17, 15) is 0 Å². The van der Waals surface area contributed by atoms with Gasteiger partial charge in [0.25, 0.3) is 0 Å². The van der Waals surface area contributed by atoms with E-state index < -0.39 is 0 Å². The summed E-state index contributed by atoms with van der Waals surface area (Å²) >= 11 is 0. The molecule has 22 heavy (non-hydrogen) atoms. The van der Waals surface area contributed by atoms with Crippen LogP contribution in [0.3, 0.4) is 0 Å². The highest BCUT2D eigenvalue weighted by molar-refractivity contribution is 5.46. The molecule has 0 heterocycles. The average molecular weight is 288 g/mol. The van der Waals surface area contributed by atoms with Crippen molar-refractivity contribution in [3.63, 3.8) is 0 Å². The van der Waals surface area contributed by atoms with Crippen molar-refractivity contribution in [1.82, 2.24) is 0 Å². The Kier molecular flexibility index (Phi) is 17.5.